The molecule has 2 aromatic rings. The van der Waals surface area contributed by atoms with E-state index < -0.39 is 0 Å². The average molecular weight is 386 g/mol. The van der Waals surface area contributed by atoms with E-state index in [0.717, 1.165) is 24.3 Å². The number of carbonyl (C=O) groups excluding carboxylic acids is 2. The SMILES string of the molecule is CCN(CC)c1ccc(C(=O)NNC(=O)CN(C)Cc2ccc(F)cc2)cc1. The Morgan fingerprint density at radius 2 is 1.54 bits per heavy atom. The highest BCUT2D eigenvalue weighted by Crippen LogP contribution is 2.14. The number of anilines is 1. The summed E-state index contributed by atoms with van der Waals surface area (Å²) in [6, 6.07) is 13.4. The molecule has 2 rings (SSSR count). The van der Waals surface area contributed by atoms with E-state index in [1.807, 2.05) is 12.1 Å². The largest absolute Gasteiger partial charge is 0.372 e. The smallest absolute Gasteiger partial charge is 0.269 e. The van der Waals surface area contributed by atoms with Gasteiger partial charge in [-0.3, -0.25) is 25.3 Å². The number of nitrogens with one attached hydrogen (secondary N) is 2. The summed E-state index contributed by atoms with van der Waals surface area (Å²) in [5.41, 5.74) is 7.25. The number of nitrogens with zero attached hydrogens (tertiary/aromatic N) is 2. The highest BCUT2D eigenvalue weighted by Gasteiger charge is 2.11. The fourth-order valence-electron chi connectivity index (χ4n) is 2.85. The molecule has 0 heterocycles. The molecule has 0 saturated carbocycles. The summed E-state index contributed by atoms with van der Waals surface area (Å²) in [4.78, 5) is 28.2. The Morgan fingerprint density at radius 3 is 2.11 bits per heavy atom. The van der Waals surface area contributed by atoms with Gasteiger partial charge in [0.2, 0.25) is 0 Å². The van der Waals surface area contributed by atoms with Crippen LogP contribution in [0.2, 0.25) is 0 Å². The quantitative estimate of drug-likeness (QED) is 0.685. The van der Waals surface area contributed by atoms with Crippen molar-refractivity contribution in [2.45, 2.75) is 20.4 Å². The zero-order valence-corrected chi connectivity index (χ0v) is 16.5. The topological polar surface area (TPSA) is 64.7 Å². The van der Waals surface area contributed by atoms with Crippen LogP contribution in [-0.4, -0.2) is 43.4 Å². The maximum absolute atomic E-state index is 12.9. The van der Waals surface area contributed by atoms with Gasteiger partial charge in [0, 0.05) is 30.9 Å². The second-order valence-electron chi connectivity index (χ2n) is 6.52. The van der Waals surface area contributed by atoms with Gasteiger partial charge in [0.1, 0.15) is 5.82 Å². The molecule has 0 aliphatic heterocycles. The average Bonchev–Trinajstić information content (AvgIpc) is 2.69. The van der Waals surface area contributed by atoms with Crippen molar-refractivity contribution in [1.29, 1.82) is 0 Å². The van der Waals surface area contributed by atoms with Gasteiger partial charge in [-0.15, -0.1) is 0 Å². The summed E-state index contributed by atoms with van der Waals surface area (Å²) >= 11 is 0. The van der Waals surface area contributed by atoms with Crippen molar-refractivity contribution < 1.29 is 14.0 Å². The molecule has 2 amide bonds. The molecule has 0 radical (unpaired) electrons. The first-order valence-corrected chi connectivity index (χ1v) is 9.30. The number of likely N-dealkylation sites (N-methyl/N-ethyl adjacent to an activating group) is 1. The van der Waals surface area contributed by atoms with Crippen LogP contribution in [0, 0.1) is 5.82 Å². The van der Waals surface area contributed by atoms with Gasteiger partial charge in [-0.25, -0.2) is 4.39 Å². The van der Waals surface area contributed by atoms with Crippen LogP contribution in [0.15, 0.2) is 48.5 Å². The molecule has 0 atom stereocenters. The van der Waals surface area contributed by atoms with Crippen LogP contribution in [0.3, 0.4) is 0 Å². The molecule has 2 N–H and O–H groups in total. The van der Waals surface area contributed by atoms with Crippen molar-refractivity contribution >= 4 is 17.5 Å². The monoisotopic (exact) mass is 386 g/mol. The van der Waals surface area contributed by atoms with Crippen molar-refractivity contribution in [2.24, 2.45) is 0 Å². The number of rotatable bonds is 8. The van der Waals surface area contributed by atoms with E-state index in [1.54, 1.807) is 36.2 Å². The first-order chi connectivity index (χ1) is 13.4. The molecule has 0 saturated heterocycles. The zero-order valence-electron chi connectivity index (χ0n) is 16.5. The highest BCUT2D eigenvalue weighted by atomic mass is 19.1. The van der Waals surface area contributed by atoms with Crippen LogP contribution in [0.25, 0.3) is 0 Å². The molecule has 7 heteroatoms. The first kappa shape index (κ1) is 21.4. The van der Waals surface area contributed by atoms with Crippen LogP contribution in [0.4, 0.5) is 10.1 Å². The molecule has 0 aromatic heterocycles. The summed E-state index contributed by atoms with van der Waals surface area (Å²) in [5.74, 6) is -1.00. The predicted octanol–water partition coefficient (Wildman–Crippen LogP) is 2.56. The fraction of sp³-hybridized carbons (Fsp3) is 0.333. The number of carbonyl (C=O) groups is 2. The van der Waals surface area contributed by atoms with Crippen LogP contribution in [0.5, 0.6) is 0 Å². The van der Waals surface area contributed by atoms with E-state index in [2.05, 4.69) is 29.6 Å². The van der Waals surface area contributed by atoms with Gasteiger partial charge in [0.25, 0.3) is 11.8 Å². The van der Waals surface area contributed by atoms with E-state index in [-0.39, 0.29) is 24.2 Å². The maximum Gasteiger partial charge on any atom is 0.269 e. The predicted molar refractivity (Wildman–Crippen MR) is 108 cm³/mol. The van der Waals surface area contributed by atoms with Gasteiger partial charge in [0.05, 0.1) is 6.54 Å². The first-order valence-electron chi connectivity index (χ1n) is 9.30. The van der Waals surface area contributed by atoms with Gasteiger partial charge < -0.3 is 4.90 Å². The number of benzene rings is 2. The maximum atomic E-state index is 12.9. The molecule has 0 fully saturated rings. The lowest BCUT2D eigenvalue weighted by Gasteiger charge is -2.21. The lowest BCUT2D eigenvalue weighted by atomic mass is 10.2. The Bertz CT molecular complexity index is 774. The van der Waals surface area contributed by atoms with Crippen molar-refractivity contribution in [3.63, 3.8) is 0 Å². The second-order valence-corrected chi connectivity index (χ2v) is 6.52. The summed E-state index contributed by atoms with van der Waals surface area (Å²) in [6.45, 7) is 6.53. The van der Waals surface area contributed by atoms with Crippen molar-refractivity contribution in [3.8, 4) is 0 Å². The molecule has 28 heavy (non-hydrogen) atoms. The molecule has 0 spiro atoms. The lowest BCUT2D eigenvalue weighted by Crippen LogP contribution is -2.45. The molecule has 0 aliphatic rings. The van der Waals surface area contributed by atoms with Crippen LogP contribution in [0.1, 0.15) is 29.8 Å². The van der Waals surface area contributed by atoms with Gasteiger partial charge in [-0.1, -0.05) is 12.1 Å². The van der Waals surface area contributed by atoms with Crippen LogP contribution < -0.4 is 15.8 Å². The molecular formula is C21H27FN4O2. The lowest BCUT2D eigenvalue weighted by molar-refractivity contribution is -0.122. The Kier molecular flexibility index (Phi) is 7.95. The number of hydrogen-bond donors (Lipinski definition) is 2. The molecule has 0 bridgehead atoms. The van der Waals surface area contributed by atoms with E-state index in [0.29, 0.717) is 12.1 Å². The summed E-state index contributed by atoms with van der Waals surface area (Å²) < 4.78 is 12.9. The van der Waals surface area contributed by atoms with E-state index in [4.69, 9.17) is 0 Å². The zero-order chi connectivity index (χ0) is 20.5. The Labute approximate surface area is 165 Å². The summed E-state index contributed by atoms with van der Waals surface area (Å²) in [7, 11) is 1.77. The number of hydrogen-bond acceptors (Lipinski definition) is 4. The van der Waals surface area contributed by atoms with Crippen LogP contribution in [-0.2, 0) is 11.3 Å². The number of amides is 2. The summed E-state index contributed by atoms with van der Waals surface area (Å²) in [5, 5.41) is 0. The normalized spacial score (nSPS) is 10.6. The summed E-state index contributed by atoms with van der Waals surface area (Å²) in [6.07, 6.45) is 0. The van der Waals surface area contributed by atoms with Crippen molar-refractivity contribution in [2.75, 3.05) is 31.6 Å². The third-order valence-corrected chi connectivity index (χ3v) is 4.35. The molecular weight excluding hydrogens is 359 g/mol. The molecule has 0 aliphatic carbocycles. The minimum absolute atomic E-state index is 0.0958. The van der Waals surface area contributed by atoms with Crippen molar-refractivity contribution in [3.05, 3.63) is 65.5 Å². The molecule has 0 unspecified atom stereocenters. The van der Waals surface area contributed by atoms with Gasteiger partial charge in [0.15, 0.2) is 0 Å². The fourth-order valence-corrected chi connectivity index (χ4v) is 2.85. The Hall–Kier alpha value is -2.93. The third-order valence-electron chi connectivity index (χ3n) is 4.35. The van der Waals surface area contributed by atoms with Gasteiger partial charge >= 0.3 is 0 Å². The van der Waals surface area contributed by atoms with E-state index >= 15 is 0 Å². The third kappa shape index (κ3) is 6.35. The Morgan fingerprint density at radius 1 is 0.929 bits per heavy atom. The molecule has 150 valence electrons. The van der Waals surface area contributed by atoms with Gasteiger partial charge in [-0.2, -0.15) is 0 Å². The van der Waals surface area contributed by atoms with Crippen molar-refractivity contribution in [1.82, 2.24) is 15.8 Å². The second kappa shape index (κ2) is 10.4. The number of halogens is 1. The highest BCUT2D eigenvalue weighted by molar-refractivity contribution is 5.95. The van der Waals surface area contributed by atoms with Crippen LogP contribution >= 0.6 is 0 Å². The Balaban J connectivity index is 1.79. The minimum Gasteiger partial charge on any atom is -0.372 e. The molecule has 6 nitrogen and oxygen atoms in total. The van der Waals surface area contributed by atoms with E-state index in [1.165, 1.54) is 12.1 Å². The standard InChI is InChI=1S/C21H27FN4O2/c1-4-26(5-2)19-12-8-17(9-13-19)21(28)24-23-20(27)15-25(3)14-16-6-10-18(22)11-7-16/h6-13H,4-5,14-15H2,1-3H3,(H,23,27)(H,24,28). The molecule has 2 aromatic carbocycles. The van der Waals surface area contributed by atoms with E-state index in [9.17, 15) is 14.0 Å². The minimum atomic E-state index is -0.374. The number of hydrazine groups is 1. The van der Waals surface area contributed by atoms with Gasteiger partial charge in [-0.05, 0) is 62.9 Å².